The standard InChI is InChI=1S/C28H32O7.C24H29NO4.ClH/c1-14(29)34-17-12-26(5)16(15-8-10-33-13-15)11-19-28(26,35-19)27(6)21(17)25(4)9-7-18(30)24(2,3)22(25)20(31)23(27)32;1-5-26-21-10-9-17(14-22(21)27-6-2)13-20-19-16-24(29-8-4)23(28-7-3)15-18(19)11-12-25-20;/h7-10,13,16-17,19,21,31H,11-12H2,1-6H3;9-12,14-16H,5-8,13H2,1-4H3;1H. The van der Waals surface area contributed by atoms with E-state index < -0.39 is 51.0 Å². The fraction of sp³-hybridized carbons (Fsp3) is 0.500. The highest BCUT2D eigenvalue weighted by Crippen LogP contribution is 2.81. The van der Waals surface area contributed by atoms with Gasteiger partial charge in [0.1, 0.15) is 11.7 Å². The molecule has 0 radical (unpaired) electrons. The van der Waals surface area contributed by atoms with Crippen LogP contribution in [0.3, 0.4) is 0 Å². The smallest absolute Gasteiger partial charge is 0.302 e. The highest BCUT2D eigenvalue weighted by molar-refractivity contribution is 6.06. The van der Waals surface area contributed by atoms with Gasteiger partial charge in [-0.15, -0.1) is 12.4 Å². The van der Waals surface area contributed by atoms with Gasteiger partial charge in [0.2, 0.25) is 5.78 Å². The number of aliphatic hydroxyl groups excluding tert-OH is 1. The number of ketones is 2. The van der Waals surface area contributed by atoms with Gasteiger partial charge in [0.05, 0.1) is 61.6 Å². The molecule has 2 saturated carbocycles. The zero-order valence-corrected chi connectivity index (χ0v) is 39.9. The molecule has 1 N–H and O–H groups in total. The average molecular weight is 913 g/mol. The molecule has 13 heteroatoms. The van der Waals surface area contributed by atoms with Crippen molar-refractivity contribution >= 4 is 40.7 Å². The van der Waals surface area contributed by atoms with E-state index in [9.17, 15) is 19.5 Å². The van der Waals surface area contributed by atoms with Crippen molar-refractivity contribution < 1.29 is 52.3 Å². The van der Waals surface area contributed by atoms with E-state index in [1.165, 1.54) is 6.92 Å². The molecule has 9 rings (SSSR count). The van der Waals surface area contributed by atoms with Gasteiger partial charge in [0, 0.05) is 41.7 Å². The van der Waals surface area contributed by atoms with Crippen LogP contribution in [0.15, 0.2) is 89.1 Å². The lowest BCUT2D eigenvalue weighted by Crippen LogP contribution is -2.70. The predicted molar refractivity (Wildman–Crippen MR) is 247 cm³/mol. The van der Waals surface area contributed by atoms with Crippen molar-refractivity contribution in [1.82, 2.24) is 4.98 Å². The van der Waals surface area contributed by atoms with Crippen LogP contribution >= 0.6 is 12.4 Å². The molecule has 2 aromatic heterocycles. The Morgan fingerprint density at radius 1 is 0.862 bits per heavy atom. The van der Waals surface area contributed by atoms with Gasteiger partial charge in [-0.3, -0.25) is 19.4 Å². The van der Waals surface area contributed by atoms with E-state index in [1.54, 1.807) is 38.5 Å². The number of hydrogen-bond acceptors (Lipinski definition) is 12. The molecule has 0 bridgehead atoms. The van der Waals surface area contributed by atoms with E-state index in [2.05, 4.69) is 18.0 Å². The van der Waals surface area contributed by atoms with Crippen molar-refractivity contribution in [3.05, 3.63) is 101 Å². The van der Waals surface area contributed by atoms with Crippen molar-refractivity contribution in [2.45, 2.75) is 112 Å². The van der Waals surface area contributed by atoms with Crippen LogP contribution in [0.25, 0.3) is 10.8 Å². The lowest BCUT2D eigenvalue weighted by molar-refractivity contribution is -0.200. The monoisotopic (exact) mass is 911 g/mol. The first kappa shape index (κ1) is 47.6. The van der Waals surface area contributed by atoms with Gasteiger partial charge in [-0.05, 0) is 132 Å². The molecule has 3 heterocycles. The van der Waals surface area contributed by atoms with E-state index in [4.69, 9.17) is 32.8 Å². The average Bonchev–Trinajstić information content (AvgIpc) is 3.61. The summed E-state index contributed by atoms with van der Waals surface area (Å²) in [5.41, 5.74) is -0.960. The lowest BCUT2D eigenvalue weighted by atomic mass is 9.38. The largest absolute Gasteiger partial charge is 0.504 e. The Labute approximate surface area is 387 Å². The molecule has 4 aliphatic carbocycles. The highest BCUT2D eigenvalue weighted by atomic mass is 35.5. The number of aliphatic hydroxyl groups is 1. The number of carbonyl (C=O) groups excluding carboxylic acids is 3. The van der Waals surface area contributed by atoms with Crippen molar-refractivity contribution in [3.8, 4) is 23.0 Å². The molecule has 12 nitrogen and oxygen atoms in total. The molecule has 1 saturated heterocycles. The first-order valence-corrected chi connectivity index (χ1v) is 22.6. The Hall–Kier alpha value is -5.33. The van der Waals surface area contributed by atoms with Crippen LogP contribution in [0.1, 0.15) is 105 Å². The van der Waals surface area contributed by atoms with Gasteiger partial charge in [-0.25, -0.2) is 0 Å². The maximum absolute atomic E-state index is 14.3. The fourth-order valence-electron chi connectivity index (χ4n) is 12.5. The second-order valence-electron chi connectivity index (χ2n) is 18.8. The number of ether oxygens (including phenoxy) is 6. The van der Waals surface area contributed by atoms with Gasteiger partial charge in [0.15, 0.2) is 34.5 Å². The number of furan rings is 1. The SMILES string of the molecule is CC(=O)OC1CC2(C)C(c3ccoc3)CC3OC32C2(C)C(=O)C(O)=C3C(C)(C)C(=O)C=CC3(C)C12.CCOc1ccc(Cc2nccc3cc(OCC)c(OCC)cc23)cc1OCC.Cl. The molecule has 4 aromatic rings. The van der Waals surface area contributed by atoms with Crippen LogP contribution in [-0.4, -0.2) is 71.9 Å². The predicted octanol–water partition coefficient (Wildman–Crippen LogP) is 10.3. The van der Waals surface area contributed by atoms with E-state index in [-0.39, 0.29) is 36.0 Å². The molecular formula is C52H62ClNO11. The van der Waals surface area contributed by atoms with Gasteiger partial charge < -0.3 is 37.9 Å². The first-order valence-electron chi connectivity index (χ1n) is 22.6. The molecule has 8 unspecified atom stereocenters. The Kier molecular flexibility index (Phi) is 12.8. The van der Waals surface area contributed by atoms with Crippen LogP contribution in [-0.2, 0) is 30.3 Å². The number of rotatable bonds is 12. The summed E-state index contributed by atoms with van der Waals surface area (Å²) in [6, 6.07) is 14.1. The summed E-state index contributed by atoms with van der Waals surface area (Å²) in [6.07, 6.45) is 9.70. The number of halogens is 1. The second kappa shape index (κ2) is 17.5. The minimum Gasteiger partial charge on any atom is -0.504 e. The van der Waals surface area contributed by atoms with Gasteiger partial charge in [0.25, 0.3) is 0 Å². The summed E-state index contributed by atoms with van der Waals surface area (Å²) in [5, 5.41) is 13.7. The number of carbonyl (C=O) groups is 3. The Balaban J connectivity index is 0.000000195. The summed E-state index contributed by atoms with van der Waals surface area (Å²) in [7, 11) is 0. The third-order valence-electron chi connectivity index (χ3n) is 14.9. The number of hydrogen-bond donors (Lipinski definition) is 1. The van der Waals surface area contributed by atoms with Gasteiger partial charge >= 0.3 is 5.97 Å². The first-order chi connectivity index (χ1) is 30.5. The van der Waals surface area contributed by atoms with Crippen molar-refractivity contribution in [2.24, 2.45) is 27.6 Å². The second-order valence-corrected chi connectivity index (χ2v) is 18.8. The molecule has 0 amide bonds. The molecular weight excluding hydrogens is 850 g/mol. The summed E-state index contributed by atoms with van der Waals surface area (Å²) in [6.45, 7) is 21.1. The zero-order valence-electron chi connectivity index (χ0n) is 39.1. The molecule has 5 aliphatic rings. The Morgan fingerprint density at radius 3 is 2.14 bits per heavy atom. The number of Topliss-reactive ketones (excluding diaryl/α,β-unsaturated/α-hetero) is 1. The number of esters is 1. The van der Waals surface area contributed by atoms with Crippen LogP contribution in [0.2, 0.25) is 0 Å². The maximum Gasteiger partial charge on any atom is 0.302 e. The summed E-state index contributed by atoms with van der Waals surface area (Å²) in [4.78, 5) is 44.2. The van der Waals surface area contributed by atoms with Crippen LogP contribution in [0.5, 0.6) is 23.0 Å². The molecule has 1 aliphatic heterocycles. The van der Waals surface area contributed by atoms with Crippen molar-refractivity contribution in [3.63, 3.8) is 0 Å². The normalized spacial score (nSPS) is 30.1. The summed E-state index contributed by atoms with van der Waals surface area (Å²) < 4.78 is 40.9. The third-order valence-corrected chi connectivity index (χ3v) is 14.9. The molecule has 348 valence electrons. The van der Waals surface area contributed by atoms with Crippen LogP contribution in [0, 0.1) is 27.6 Å². The maximum atomic E-state index is 14.3. The Bertz CT molecular complexity index is 2550. The number of allylic oxidation sites excluding steroid dienone is 4. The summed E-state index contributed by atoms with van der Waals surface area (Å²) >= 11 is 0. The van der Waals surface area contributed by atoms with Crippen LogP contribution < -0.4 is 18.9 Å². The quantitative estimate of drug-likeness (QED) is 0.106. The molecule has 8 atom stereocenters. The van der Waals surface area contributed by atoms with Crippen molar-refractivity contribution in [2.75, 3.05) is 26.4 Å². The van der Waals surface area contributed by atoms with Crippen molar-refractivity contribution in [1.29, 1.82) is 0 Å². The number of pyridine rings is 1. The van der Waals surface area contributed by atoms with Gasteiger partial charge in [-0.2, -0.15) is 0 Å². The number of aromatic nitrogens is 1. The number of nitrogens with zero attached hydrogens (tertiary/aromatic N) is 1. The Morgan fingerprint density at radius 2 is 1.51 bits per heavy atom. The van der Waals surface area contributed by atoms with E-state index in [1.807, 2.05) is 84.1 Å². The lowest BCUT2D eigenvalue weighted by Gasteiger charge is -2.64. The molecule has 3 fully saturated rings. The zero-order chi connectivity index (χ0) is 46.0. The topological polar surface area (TPSA) is 156 Å². The van der Waals surface area contributed by atoms with Gasteiger partial charge in [-0.1, -0.05) is 26.0 Å². The number of epoxide rings is 1. The van der Waals surface area contributed by atoms with E-state index in [0.717, 1.165) is 50.6 Å². The van der Waals surface area contributed by atoms with Crippen LogP contribution in [0.4, 0.5) is 0 Å². The minimum atomic E-state index is -1.17. The van der Waals surface area contributed by atoms with E-state index in [0.29, 0.717) is 51.3 Å². The molecule has 1 spiro atoms. The highest BCUT2D eigenvalue weighted by Gasteiger charge is 2.89. The summed E-state index contributed by atoms with van der Waals surface area (Å²) in [5.74, 6) is 1.21. The molecule has 2 aromatic carbocycles. The fourth-order valence-corrected chi connectivity index (χ4v) is 12.5. The third kappa shape index (κ3) is 7.30. The molecule has 65 heavy (non-hydrogen) atoms. The minimum absolute atomic E-state index is 0. The number of fused-ring (bicyclic) bond motifs is 4. The van der Waals surface area contributed by atoms with E-state index >= 15 is 0 Å². The number of benzene rings is 2.